The van der Waals surface area contributed by atoms with Crippen molar-refractivity contribution in [2.75, 3.05) is 24.5 Å². The highest BCUT2D eigenvalue weighted by Gasteiger charge is 2.35. The first-order valence-electron chi connectivity index (χ1n) is 5.93. The Morgan fingerprint density at radius 3 is 2.94 bits per heavy atom. The number of alkyl halides is 2. The number of piperidine rings is 1. The zero-order chi connectivity index (χ0) is 11.8. The van der Waals surface area contributed by atoms with Crippen molar-refractivity contribution in [1.82, 2.24) is 20.5 Å². The zero-order valence-corrected chi connectivity index (χ0v) is 9.37. The van der Waals surface area contributed by atoms with Gasteiger partial charge in [-0.1, -0.05) is 0 Å². The van der Waals surface area contributed by atoms with Crippen molar-refractivity contribution in [3.05, 3.63) is 5.82 Å². The van der Waals surface area contributed by atoms with Crippen LogP contribution in [-0.2, 0) is 0 Å². The third kappa shape index (κ3) is 1.99. The maximum absolute atomic E-state index is 12.4. The molecule has 2 atom stereocenters. The second kappa shape index (κ2) is 4.21. The lowest BCUT2D eigenvalue weighted by atomic mass is 9.94. The SMILES string of the molecule is FC(F)c1nc(N2CC3CCCNC3C2)n[nH]1. The largest absolute Gasteiger partial charge is 0.338 e. The summed E-state index contributed by atoms with van der Waals surface area (Å²) in [5, 5.41) is 9.60. The molecule has 2 aliphatic rings. The number of nitrogens with one attached hydrogen (secondary N) is 2. The molecule has 0 amide bonds. The van der Waals surface area contributed by atoms with E-state index in [0.717, 1.165) is 19.6 Å². The fourth-order valence-corrected chi connectivity index (χ4v) is 2.71. The van der Waals surface area contributed by atoms with Gasteiger partial charge in [0.05, 0.1) is 0 Å². The first-order chi connectivity index (χ1) is 8.24. The molecule has 1 aromatic rings. The number of H-pyrrole nitrogens is 1. The van der Waals surface area contributed by atoms with Crippen molar-refractivity contribution in [3.63, 3.8) is 0 Å². The second-order valence-electron chi connectivity index (χ2n) is 4.69. The first-order valence-corrected chi connectivity index (χ1v) is 5.93. The molecule has 1 aromatic heterocycles. The topological polar surface area (TPSA) is 56.8 Å². The molecule has 0 saturated carbocycles. The Bertz CT molecular complexity index is 380. The molecular formula is C10H15F2N5. The van der Waals surface area contributed by atoms with E-state index in [1.807, 2.05) is 4.90 Å². The summed E-state index contributed by atoms with van der Waals surface area (Å²) in [5.41, 5.74) is 0. The van der Waals surface area contributed by atoms with E-state index in [1.54, 1.807) is 0 Å². The van der Waals surface area contributed by atoms with E-state index in [9.17, 15) is 8.78 Å². The maximum Gasteiger partial charge on any atom is 0.296 e. The lowest BCUT2D eigenvalue weighted by molar-refractivity contribution is 0.141. The molecule has 5 nitrogen and oxygen atoms in total. The van der Waals surface area contributed by atoms with Crippen LogP contribution in [0.3, 0.4) is 0 Å². The summed E-state index contributed by atoms with van der Waals surface area (Å²) in [5.74, 6) is 0.650. The zero-order valence-electron chi connectivity index (χ0n) is 9.37. The van der Waals surface area contributed by atoms with Crippen molar-refractivity contribution in [1.29, 1.82) is 0 Å². The molecule has 17 heavy (non-hydrogen) atoms. The Labute approximate surface area is 97.6 Å². The normalized spacial score (nSPS) is 28.8. The molecule has 2 N–H and O–H groups in total. The molecule has 3 rings (SSSR count). The predicted octanol–water partition coefficient (Wildman–Crippen LogP) is 0.930. The molecule has 2 aliphatic heterocycles. The van der Waals surface area contributed by atoms with Gasteiger partial charge in [-0.15, -0.1) is 5.10 Å². The Hall–Kier alpha value is -1.24. The van der Waals surface area contributed by atoms with Crippen molar-refractivity contribution < 1.29 is 8.78 Å². The number of halogens is 2. The number of rotatable bonds is 2. The molecular weight excluding hydrogens is 228 g/mol. The molecule has 0 aromatic carbocycles. The summed E-state index contributed by atoms with van der Waals surface area (Å²) in [4.78, 5) is 5.81. The number of anilines is 1. The van der Waals surface area contributed by atoms with Gasteiger partial charge in [0.25, 0.3) is 6.43 Å². The smallest absolute Gasteiger partial charge is 0.296 e. The van der Waals surface area contributed by atoms with Crippen LogP contribution in [0.4, 0.5) is 14.7 Å². The van der Waals surface area contributed by atoms with Crippen LogP contribution in [0.5, 0.6) is 0 Å². The minimum atomic E-state index is -2.58. The highest BCUT2D eigenvalue weighted by molar-refractivity contribution is 5.32. The molecule has 2 saturated heterocycles. The average Bonchev–Trinajstić information content (AvgIpc) is 2.95. The average molecular weight is 243 g/mol. The van der Waals surface area contributed by atoms with Crippen LogP contribution in [0.25, 0.3) is 0 Å². The number of aromatic nitrogens is 3. The fraction of sp³-hybridized carbons (Fsp3) is 0.800. The lowest BCUT2D eigenvalue weighted by Crippen LogP contribution is -2.40. The van der Waals surface area contributed by atoms with Gasteiger partial charge in [0.2, 0.25) is 5.95 Å². The van der Waals surface area contributed by atoms with E-state index in [2.05, 4.69) is 20.5 Å². The van der Waals surface area contributed by atoms with Gasteiger partial charge in [0, 0.05) is 19.1 Å². The maximum atomic E-state index is 12.4. The summed E-state index contributed by atoms with van der Waals surface area (Å²) >= 11 is 0. The van der Waals surface area contributed by atoms with Crippen molar-refractivity contribution in [2.45, 2.75) is 25.3 Å². The Kier molecular flexibility index (Phi) is 2.70. The van der Waals surface area contributed by atoms with Gasteiger partial charge in [-0.05, 0) is 25.3 Å². The summed E-state index contributed by atoms with van der Waals surface area (Å²) in [6.07, 6.45) is -0.203. The quantitative estimate of drug-likeness (QED) is 0.811. The van der Waals surface area contributed by atoms with Gasteiger partial charge in [-0.3, -0.25) is 5.10 Å². The standard InChI is InChI=1S/C10H15F2N5/c11-8(12)9-14-10(16-15-9)17-4-6-2-1-3-13-7(6)5-17/h6-8,13H,1-5H2,(H,14,15,16). The van der Waals surface area contributed by atoms with Crippen LogP contribution in [0.1, 0.15) is 25.1 Å². The molecule has 3 heterocycles. The third-order valence-corrected chi connectivity index (χ3v) is 3.58. The van der Waals surface area contributed by atoms with Gasteiger partial charge in [-0.2, -0.15) is 4.98 Å². The molecule has 0 spiro atoms. The van der Waals surface area contributed by atoms with E-state index in [0.29, 0.717) is 17.9 Å². The summed E-state index contributed by atoms with van der Waals surface area (Å²) in [7, 11) is 0. The monoisotopic (exact) mass is 243 g/mol. The van der Waals surface area contributed by atoms with Gasteiger partial charge >= 0.3 is 0 Å². The molecule has 0 aliphatic carbocycles. The van der Waals surface area contributed by atoms with E-state index in [1.165, 1.54) is 12.8 Å². The van der Waals surface area contributed by atoms with Crippen LogP contribution in [0.2, 0.25) is 0 Å². The Balaban J connectivity index is 1.72. The number of fused-ring (bicyclic) bond motifs is 1. The van der Waals surface area contributed by atoms with Crippen LogP contribution in [-0.4, -0.2) is 40.9 Å². The third-order valence-electron chi connectivity index (χ3n) is 3.58. The highest BCUT2D eigenvalue weighted by Crippen LogP contribution is 2.27. The Morgan fingerprint density at radius 2 is 2.24 bits per heavy atom. The van der Waals surface area contributed by atoms with Crippen molar-refractivity contribution in [3.8, 4) is 0 Å². The van der Waals surface area contributed by atoms with Crippen molar-refractivity contribution in [2.24, 2.45) is 5.92 Å². The Morgan fingerprint density at radius 1 is 1.35 bits per heavy atom. The highest BCUT2D eigenvalue weighted by atomic mass is 19.3. The van der Waals surface area contributed by atoms with Crippen LogP contribution in [0, 0.1) is 5.92 Å². The van der Waals surface area contributed by atoms with Crippen LogP contribution in [0.15, 0.2) is 0 Å². The number of hydrogen-bond acceptors (Lipinski definition) is 4. The predicted molar refractivity (Wildman–Crippen MR) is 58.1 cm³/mol. The van der Waals surface area contributed by atoms with E-state index >= 15 is 0 Å². The molecule has 7 heteroatoms. The van der Waals surface area contributed by atoms with Crippen LogP contribution < -0.4 is 10.2 Å². The van der Waals surface area contributed by atoms with Gasteiger partial charge < -0.3 is 10.2 Å². The molecule has 2 fully saturated rings. The molecule has 94 valence electrons. The minimum Gasteiger partial charge on any atom is -0.338 e. The summed E-state index contributed by atoms with van der Waals surface area (Å²) in [6, 6.07) is 0.456. The number of aromatic amines is 1. The van der Waals surface area contributed by atoms with E-state index in [-0.39, 0.29) is 5.82 Å². The summed E-state index contributed by atoms with van der Waals surface area (Å²) < 4.78 is 24.8. The minimum absolute atomic E-state index is 0.345. The van der Waals surface area contributed by atoms with Gasteiger partial charge in [0.15, 0.2) is 5.82 Å². The fourth-order valence-electron chi connectivity index (χ4n) is 2.71. The first kappa shape index (κ1) is 10.9. The van der Waals surface area contributed by atoms with Crippen molar-refractivity contribution >= 4 is 5.95 Å². The molecule has 0 bridgehead atoms. The molecule has 0 radical (unpaired) electrons. The lowest BCUT2D eigenvalue weighted by Gasteiger charge is -2.24. The van der Waals surface area contributed by atoms with E-state index < -0.39 is 6.43 Å². The molecule has 2 unspecified atom stereocenters. The van der Waals surface area contributed by atoms with Crippen LogP contribution >= 0.6 is 0 Å². The number of nitrogens with zero attached hydrogens (tertiary/aromatic N) is 3. The summed E-state index contributed by atoms with van der Waals surface area (Å²) in [6.45, 7) is 2.72. The van der Waals surface area contributed by atoms with Gasteiger partial charge in [0.1, 0.15) is 0 Å². The van der Waals surface area contributed by atoms with Gasteiger partial charge in [-0.25, -0.2) is 8.78 Å². The van der Waals surface area contributed by atoms with E-state index in [4.69, 9.17) is 0 Å². The number of hydrogen-bond donors (Lipinski definition) is 2. The second-order valence-corrected chi connectivity index (χ2v) is 4.69.